The molecule has 0 radical (unpaired) electrons. The van der Waals surface area contributed by atoms with E-state index in [1.54, 1.807) is 19.0 Å². The number of hydrogen-bond donors (Lipinski definition) is 1. The normalized spacial score (nSPS) is 14.8. The number of anilines is 2. The van der Waals surface area contributed by atoms with Gasteiger partial charge < -0.3 is 10.2 Å². The summed E-state index contributed by atoms with van der Waals surface area (Å²) in [6.45, 7) is 4.01. The van der Waals surface area contributed by atoms with Crippen molar-refractivity contribution >= 4 is 11.8 Å². The van der Waals surface area contributed by atoms with Crippen molar-refractivity contribution in [1.82, 2.24) is 14.9 Å². The molecule has 0 spiro atoms. The number of likely N-dealkylation sites (tertiary alicyclic amines) is 1. The fourth-order valence-corrected chi connectivity index (χ4v) is 2.97. The number of halogens is 1. The van der Waals surface area contributed by atoms with Gasteiger partial charge in [0, 0.05) is 27.2 Å². The van der Waals surface area contributed by atoms with Gasteiger partial charge >= 0.3 is 0 Å². The molecule has 1 aromatic heterocycles. The van der Waals surface area contributed by atoms with Crippen LogP contribution in [0.4, 0.5) is 16.2 Å². The molecule has 24 heavy (non-hydrogen) atoms. The van der Waals surface area contributed by atoms with E-state index < -0.39 is 5.82 Å². The highest BCUT2D eigenvalue weighted by Gasteiger charge is 2.12. The molecule has 0 atom stereocenters. The van der Waals surface area contributed by atoms with E-state index in [1.165, 1.54) is 43.3 Å². The van der Waals surface area contributed by atoms with Gasteiger partial charge in [-0.3, -0.25) is 4.90 Å². The zero-order valence-electron chi connectivity index (χ0n) is 14.3. The number of aromatic nitrogens is 2. The fraction of sp³-hybridized carbons (Fsp3) is 0.444. The van der Waals surface area contributed by atoms with Crippen molar-refractivity contribution in [1.29, 1.82) is 0 Å². The summed E-state index contributed by atoms with van der Waals surface area (Å²) in [7, 11) is 3.52. The van der Waals surface area contributed by atoms with E-state index in [9.17, 15) is 4.39 Å². The Labute approximate surface area is 142 Å². The lowest BCUT2D eigenvalue weighted by atomic mass is 10.1. The standard InChI is InChI=1S/C18H24FN5/c1-23(2)17-16(19)12-21-18(22-17)20-11-14-6-5-7-15(10-14)13-24-8-3-4-9-24/h5-7,10,12H,3-4,8-9,11,13H2,1-2H3,(H,20,21,22). The number of nitrogens with zero attached hydrogens (tertiary/aromatic N) is 4. The lowest BCUT2D eigenvalue weighted by molar-refractivity contribution is 0.331. The Morgan fingerprint density at radius 2 is 1.96 bits per heavy atom. The Morgan fingerprint density at radius 1 is 1.21 bits per heavy atom. The minimum Gasteiger partial charge on any atom is -0.360 e. The molecule has 1 aromatic carbocycles. The Kier molecular flexibility index (Phi) is 5.25. The first-order valence-corrected chi connectivity index (χ1v) is 8.36. The van der Waals surface area contributed by atoms with Gasteiger partial charge in [0.1, 0.15) is 0 Å². The molecule has 0 saturated carbocycles. The van der Waals surface area contributed by atoms with Gasteiger partial charge in [-0.25, -0.2) is 9.37 Å². The highest BCUT2D eigenvalue weighted by Crippen LogP contribution is 2.16. The van der Waals surface area contributed by atoms with Crippen molar-refractivity contribution in [2.75, 3.05) is 37.4 Å². The van der Waals surface area contributed by atoms with Gasteiger partial charge in [-0.15, -0.1) is 0 Å². The maximum Gasteiger partial charge on any atom is 0.225 e. The molecule has 0 unspecified atom stereocenters. The van der Waals surface area contributed by atoms with Crippen LogP contribution < -0.4 is 10.2 Å². The first-order chi connectivity index (χ1) is 11.6. The van der Waals surface area contributed by atoms with Gasteiger partial charge in [0.15, 0.2) is 11.6 Å². The first kappa shape index (κ1) is 16.6. The monoisotopic (exact) mass is 329 g/mol. The van der Waals surface area contributed by atoms with E-state index in [4.69, 9.17) is 0 Å². The molecule has 6 heteroatoms. The number of nitrogens with one attached hydrogen (secondary N) is 1. The second-order valence-corrected chi connectivity index (χ2v) is 6.42. The average molecular weight is 329 g/mol. The third-order valence-electron chi connectivity index (χ3n) is 4.20. The van der Waals surface area contributed by atoms with Gasteiger partial charge in [-0.05, 0) is 37.1 Å². The maximum absolute atomic E-state index is 13.6. The van der Waals surface area contributed by atoms with Crippen LogP contribution in [0, 0.1) is 5.82 Å². The van der Waals surface area contributed by atoms with Crippen LogP contribution >= 0.6 is 0 Å². The molecule has 2 aromatic rings. The quantitative estimate of drug-likeness (QED) is 0.883. The van der Waals surface area contributed by atoms with E-state index in [0.29, 0.717) is 12.5 Å². The van der Waals surface area contributed by atoms with Crippen molar-refractivity contribution in [3.63, 3.8) is 0 Å². The average Bonchev–Trinajstić information content (AvgIpc) is 3.07. The first-order valence-electron chi connectivity index (χ1n) is 8.36. The molecular weight excluding hydrogens is 305 g/mol. The van der Waals surface area contributed by atoms with E-state index in [1.807, 2.05) is 0 Å². The fourth-order valence-electron chi connectivity index (χ4n) is 2.97. The van der Waals surface area contributed by atoms with E-state index in [0.717, 1.165) is 6.54 Å². The highest BCUT2D eigenvalue weighted by atomic mass is 19.1. The minimum atomic E-state index is -0.418. The number of benzene rings is 1. The molecule has 0 bridgehead atoms. The molecule has 1 aliphatic heterocycles. The van der Waals surface area contributed by atoms with Gasteiger partial charge in [-0.2, -0.15) is 4.98 Å². The largest absolute Gasteiger partial charge is 0.360 e. The number of hydrogen-bond acceptors (Lipinski definition) is 5. The number of rotatable bonds is 6. The van der Waals surface area contributed by atoms with Crippen LogP contribution in [0.15, 0.2) is 30.5 Å². The predicted molar refractivity (Wildman–Crippen MR) is 94.6 cm³/mol. The van der Waals surface area contributed by atoms with Crippen molar-refractivity contribution in [3.8, 4) is 0 Å². The van der Waals surface area contributed by atoms with Crippen LogP contribution in [0.2, 0.25) is 0 Å². The smallest absolute Gasteiger partial charge is 0.225 e. The molecule has 1 N–H and O–H groups in total. The zero-order valence-corrected chi connectivity index (χ0v) is 14.3. The van der Waals surface area contributed by atoms with Crippen LogP contribution in [-0.4, -0.2) is 42.1 Å². The van der Waals surface area contributed by atoms with E-state index in [2.05, 4.69) is 44.5 Å². The third kappa shape index (κ3) is 4.20. The topological polar surface area (TPSA) is 44.3 Å². The Balaban J connectivity index is 1.63. The van der Waals surface area contributed by atoms with E-state index in [-0.39, 0.29) is 5.82 Å². The molecule has 1 saturated heterocycles. The summed E-state index contributed by atoms with van der Waals surface area (Å²) < 4.78 is 13.6. The predicted octanol–water partition coefficient (Wildman–Crippen LogP) is 2.89. The van der Waals surface area contributed by atoms with Gasteiger partial charge in [0.2, 0.25) is 5.95 Å². The van der Waals surface area contributed by atoms with Crippen LogP contribution in [-0.2, 0) is 13.1 Å². The van der Waals surface area contributed by atoms with Crippen LogP contribution in [0.5, 0.6) is 0 Å². The van der Waals surface area contributed by atoms with Crippen molar-refractivity contribution in [2.24, 2.45) is 0 Å². The Morgan fingerprint density at radius 3 is 2.71 bits per heavy atom. The van der Waals surface area contributed by atoms with Crippen molar-refractivity contribution < 1.29 is 4.39 Å². The summed E-state index contributed by atoms with van der Waals surface area (Å²) >= 11 is 0. The maximum atomic E-state index is 13.6. The molecule has 5 nitrogen and oxygen atoms in total. The summed E-state index contributed by atoms with van der Waals surface area (Å²) in [5, 5.41) is 3.18. The second kappa shape index (κ2) is 7.57. The lowest BCUT2D eigenvalue weighted by Gasteiger charge is -2.15. The third-order valence-corrected chi connectivity index (χ3v) is 4.20. The van der Waals surface area contributed by atoms with Gasteiger partial charge in [-0.1, -0.05) is 24.3 Å². The lowest BCUT2D eigenvalue weighted by Crippen LogP contribution is -2.18. The van der Waals surface area contributed by atoms with Crippen molar-refractivity contribution in [2.45, 2.75) is 25.9 Å². The van der Waals surface area contributed by atoms with Crippen LogP contribution in [0.1, 0.15) is 24.0 Å². The molecular formula is C18H24FN5. The second-order valence-electron chi connectivity index (χ2n) is 6.42. The summed E-state index contributed by atoms with van der Waals surface area (Å²) in [4.78, 5) is 12.3. The zero-order chi connectivity index (χ0) is 16.9. The van der Waals surface area contributed by atoms with Crippen LogP contribution in [0.25, 0.3) is 0 Å². The SMILES string of the molecule is CN(C)c1nc(NCc2cccc(CN3CCCC3)c2)ncc1F. The molecule has 0 amide bonds. The Bertz CT molecular complexity index is 683. The molecule has 2 heterocycles. The summed E-state index contributed by atoms with van der Waals surface area (Å²) in [6, 6.07) is 8.54. The van der Waals surface area contributed by atoms with Gasteiger partial charge in [0.25, 0.3) is 0 Å². The summed E-state index contributed by atoms with van der Waals surface area (Å²) in [5.41, 5.74) is 2.50. The van der Waals surface area contributed by atoms with Gasteiger partial charge in [0.05, 0.1) is 6.20 Å². The summed E-state index contributed by atoms with van der Waals surface area (Å²) in [5.74, 6) is 0.304. The molecule has 1 aliphatic rings. The van der Waals surface area contributed by atoms with E-state index >= 15 is 0 Å². The minimum absolute atomic E-state index is 0.287. The highest BCUT2D eigenvalue weighted by molar-refractivity contribution is 5.42. The van der Waals surface area contributed by atoms with Crippen LogP contribution in [0.3, 0.4) is 0 Å². The molecule has 3 rings (SSSR count). The Hall–Kier alpha value is -2.21. The summed E-state index contributed by atoms with van der Waals surface area (Å²) in [6.07, 6.45) is 3.81. The molecule has 128 valence electrons. The van der Waals surface area contributed by atoms with Crippen molar-refractivity contribution in [3.05, 3.63) is 47.4 Å². The molecule has 1 fully saturated rings. The molecule has 0 aliphatic carbocycles.